The van der Waals surface area contributed by atoms with Crippen molar-refractivity contribution in [1.82, 2.24) is 9.97 Å². The molecule has 1 unspecified atom stereocenters. The lowest BCUT2D eigenvalue weighted by Gasteiger charge is -2.09. The van der Waals surface area contributed by atoms with Gasteiger partial charge in [0.2, 0.25) is 0 Å². The molecule has 1 aromatic heterocycles. The number of nitrogens with zero attached hydrogens (tertiary/aromatic N) is 1. The third-order valence-corrected chi connectivity index (χ3v) is 3.91. The van der Waals surface area contributed by atoms with E-state index >= 15 is 0 Å². The van der Waals surface area contributed by atoms with E-state index in [-0.39, 0.29) is 5.02 Å². The molecule has 0 spiro atoms. The second-order valence-corrected chi connectivity index (χ2v) is 5.55. The lowest BCUT2D eigenvalue weighted by atomic mass is 10.1. The Kier molecular flexibility index (Phi) is 4.16. The first-order valence-corrected chi connectivity index (χ1v) is 7.24. The van der Waals surface area contributed by atoms with Crippen molar-refractivity contribution in [3.63, 3.8) is 0 Å². The molecule has 0 aliphatic heterocycles. The molecular formula is C16H11Cl2FN2O. The molecule has 0 radical (unpaired) electrons. The first-order chi connectivity index (χ1) is 10.6. The Morgan fingerprint density at radius 2 is 1.86 bits per heavy atom. The van der Waals surface area contributed by atoms with Gasteiger partial charge in [0, 0.05) is 10.6 Å². The molecule has 0 aliphatic rings. The molecule has 0 saturated heterocycles. The van der Waals surface area contributed by atoms with Crippen LogP contribution in [0.3, 0.4) is 0 Å². The second-order valence-electron chi connectivity index (χ2n) is 4.74. The van der Waals surface area contributed by atoms with E-state index in [0.29, 0.717) is 22.1 Å². The summed E-state index contributed by atoms with van der Waals surface area (Å²) in [6.07, 6.45) is 0.495. The van der Waals surface area contributed by atoms with Gasteiger partial charge in [-0.3, -0.25) is 0 Å². The fraction of sp³-hybridized carbons (Fsp3) is 0.0625. The van der Waals surface area contributed by atoms with E-state index in [0.717, 1.165) is 5.56 Å². The fourth-order valence-electron chi connectivity index (χ4n) is 2.13. The summed E-state index contributed by atoms with van der Waals surface area (Å²) < 4.78 is 13.5. The molecule has 112 valence electrons. The van der Waals surface area contributed by atoms with Crippen LogP contribution in [0.2, 0.25) is 10.0 Å². The number of nitrogens with one attached hydrogen (secondary N) is 1. The normalized spacial score (nSPS) is 12.4. The Morgan fingerprint density at radius 3 is 2.59 bits per heavy atom. The Bertz CT molecular complexity index is 819. The number of imidazole rings is 1. The SMILES string of the molecule is OC(c1ccc(Cl)c(F)c1)c1ncc(-c2ccccc2Cl)[nH]1. The number of aromatic nitrogens is 2. The third-order valence-electron chi connectivity index (χ3n) is 3.28. The van der Waals surface area contributed by atoms with Crippen LogP contribution in [0.4, 0.5) is 4.39 Å². The predicted molar refractivity (Wildman–Crippen MR) is 84.5 cm³/mol. The van der Waals surface area contributed by atoms with Crippen LogP contribution >= 0.6 is 23.2 Å². The highest BCUT2D eigenvalue weighted by atomic mass is 35.5. The van der Waals surface area contributed by atoms with Gasteiger partial charge in [-0.05, 0) is 23.8 Å². The van der Waals surface area contributed by atoms with Crippen LogP contribution in [0.15, 0.2) is 48.7 Å². The van der Waals surface area contributed by atoms with E-state index in [1.807, 2.05) is 18.2 Å². The van der Waals surface area contributed by atoms with Crippen LogP contribution in [-0.4, -0.2) is 15.1 Å². The van der Waals surface area contributed by atoms with Crippen molar-refractivity contribution in [2.24, 2.45) is 0 Å². The van der Waals surface area contributed by atoms with Crippen molar-refractivity contribution in [2.75, 3.05) is 0 Å². The van der Waals surface area contributed by atoms with Crippen LogP contribution in [0, 0.1) is 5.82 Å². The molecule has 1 atom stereocenters. The molecule has 2 aromatic carbocycles. The van der Waals surface area contributed by atoms with Gasteiger partial charge >= 0.3 is 0 Å². The summed E-state index contributed by atoms with van der Waals surface area (Å²) in [5.41, 5.74) is 1.81. The van der Waals surface area contributed by atoms with Crippen LogP contribution in [0.25, 0.3) is 11.3 Å². The van der Waals surface area contributed by atoms with Crippen molar-refractivity contribution < 1.29 is 9.50 Å². The Morgan fingerprint density at radius 1 is 1.09 bits per heavy atom. The molecule has 1 heterocycles. The highest BCUT2D eigenvalue weighted by molar-refractivity contribution is 6.33. The van der Waals surface area contributed by atoms with Crippen molar-refractivity contribution >= 4 is 23.2 Å². The summed E-state index contributed by atoms with van der Waals surface area (Å²) in [5.74, 6) is -0.284. The minimum atomic E-state index is -1.08. The highest BCUT2D eigenvalue weighted by Crippen LogP contribution is 2.29. The second kappa shape index (κ2) is 6.08. The molecule has 22 heavy (non-hydrogen) atoms. The number of aliphatic hydroxyl groups is 1. The van der Waals surface area contributed by atoms with E-state index in [2.05, 4.69) is 9.97 Å². The van der Waals surface area contributed by atoms with E-state index in [1.165, 1.54) is 12.1 Å². The van der Waals surface area contributed by atoms with Crippen LogP contribution in [0.5, 0.6) is 0 Å². The fourth-order valence-corrected chi connectivity index (χ4v) is 2.49. The first-order valence-electron chi connectivity index (χ1n) is 6.49. The summed E-state index contributed by atoms with van der Waals surface area (Å²) in [4.78, 5) is 7.14. The van der Waals surface area contributed by atoms with Gasteiger partial charge in [0.25, 0.3) is 0 Å². The molecule has 3 nitrogen and oxygen atoms in total. The van der Waals surface area contributed by atoms with E-state index in [4.69, 9.17) is 23.2 Å². The number of hydrogen-bond acceptors (Lipinski definition) is 2. The highest BCUT2D eigenvalue weighted by Gasteiger charge is 2.17. The minimum Gasteiger partial charge on any atom is -0.380 e. The largest absolute Gasteiger partial charge is 0.380 e. The van der Waals surface area contributed by atoms with Crippen LogP contribution in [-0.2, 0) is 0 Å². The summed E-state index contributed by atoms with van der Waals surface area (Å²) in [6, 6.07) is 11.4. The van der Waals surface area contributed by atoms with Crippen LogP contribution < -0.4 is 0 Å². The molecule has 0 amide bonds. The molecular weight excluding hydrogens is 326 g/mol. The molecule has 0 fully saturated rings. The molecule has 3 rings (SSSR count). The zero-order valence-corrected chi connectivity index (χ0v) is 12.7. The van der Waals surface area contributed by atoms with Gasteiger partial charge in [0.15, 0.2) is 0 Å². The molecule has 2 N–H and O–H groups in total. The van der Waals surface area contributed by atoms with Crippen LogP contribution in [0.1, 0.15) is 17.5 Å². The number of rotatable bonds is 3. The van der Waals surface area contributed by atoms with Gasteiger partial charge in [0.05, 0.1) is 16.9 Å². The van der Waals surface area contributed by atoms with Crippen molar-refractivity contribution in [2.45, 2.75) is 6.10 Å². The standard InChI is InChI=1S/C16H11Cl2FN2O/c17-11-4-2-1-3-10(11)14-8-20-16(21-14)15(22)9-5-6-12(18)13(19)7-9/h1-8,15,22H,(H,20,21). The summed E-state index contributed by atoms with van der Waals surface area (Å²) in [6.45, 7) is 0. The average Bonchev–Trinajstić information content (AvgIpc) is 2.99. The maximum absolute atomic E-state index is 13.5. The minimum absolute atomic E-state index is 0.00662. The molecule has 0 aliphatic carbocycles. The monoisotopic (exact) mass is 336 g/mol. The zero-order valence-electron chi connectivity index (χ0n) is 11.2. The Balaban J connectivity index is 1.93. The van der Waals surface area contributed by atoms with Gasteiger partial charge in [-0.15, -0.1) is 0 Å². The van der Waals surface area contributed by atoms with Crippen molar-refractivity contribution in [1.29, 1.82) is 0 Å². The zero-order chi connectivity index (χ0) is 15.7. The maximum atomic E-state index is 13.5. The summed E-state index contributed by atoms with van der Waals surface area (Å²) >= 11 is 11.8. The number of aromatic amines is 1. The first kappa shape index (κ1) is 15.0. The quantitative estimate of drug-likeness (QED) is 0.734. The number of halogens is 3. The van der Waals surface area contributed by atoms with E-state index < -0.39 is 11.9 Å². The molecule has 6 heteroatoms. The average molecular weight is 337 g/mol. The third kappa shape index (κ3) is 2.86. The van der Waals surface area contributed by atoms with Gasteiger partial charge in [0.1, 0.15) is 17.7 Å². The van der Waals surface area contributed by atoms with Crippen molar-refractivity contribution in [3.05, 3.63) is 75.9 Å². The summed E-state index contributed by atoms with van der Waals surface area (Å²) in [7, 11) is 0. The molecule has 0 bridgehead atoms. The molecule has 0 saturated carbocycles. The maximum Gasteiger partial charge on any atom is 0.142 e. The Hall–Kier alpha value is -1.88. The lowest BCUT2D eigenvalue weighted by Crippen LogP contribution is -2.02. The van der Waals surface area contributed by atoms with Gasteiger partial charge < -0.3 is 10.1 Å². The number of aliphatic hydroxyl groups excluding tert-OH is 1. The van der Waals surface area contributed by atoms with Gasteiger partial charge in [-0.2, -0.15) is 0 Å². The van der Waals surface area contributed by atoms with E-state index in [9.17, 15) is 9.50 Å². The van der Waals surface area contributed by atoms with E-state index in [1.54, 1.807) is 18.3 Å². The topological polar surface area (TPSA) is 48.9 Å². The number of benzene rings is 2. The predicted octanol–water partition coefficient (Wildman–Crippen LogP) is 4.60. The lowest BCUT2D eigenvalue weighted by molar-refractivity contribution is 0.210. The van der Waals surface area contributed by atoms with Gasteiger partial charge in [-0.25, -0.2) is 9.37 Å². The molecule has 3 aromatic rings. The number of hydrogen-bond donors (Lipinski definition) is 2. The Labute approximate surface area is 136 Å². The summed E-state index contributed by atoms with van der Waals surface area (Å²) in [5, 5.41) is 10.9. The van der Waals surface area contributed by atoms with Gasteiger partial charge in [-0.1, -0.05) is 47.5 Å². The smallest absolute Gasteiger partial charge is 0.142 e. The van der Waals surface area contributed by atoms with Crippen molar-refractivity contribution in [3.8, 4) is 11.3 Å². The number of H-pyrrole nitrogens is 1.